The molecule has 1 N–H and O–H groups in total. The Morgan fingerprint density at radius 1 is 1.16 bits per heavy atom. The summed E-state index contributed by atoms with van der Waals surface area (Å²) in [6, 6.07) is 8.18. The zero-order valence-electron chi connectivity index (χ0n) is 16.9. The maximum atomic E-state index is 14.7. The predicted octanol–water partition coefficient (Wildman–Crippen LogP) is 3.74. The standard InChI is InChI=1S/C22H21FN4O4/c1-14-10-20(25-8-2-3-9-25)18(23)11-16(14)12-19-21(28)26(22(29)24-19)13-15-4-6-17(7-5-15)27(30)31/h4-7,10-12H,2-3,8-9,13H2,1H3,(H,24,29)/b19-12-. The predicted molar refractivity (Wildman–Crippen MR) is 113 cm³/mol. The van der Waals surface area contributed by atoms with E-state index < -0.39 is 16.9 Å². The molecule has 0 spiro atoms. The number of benzene rings is 2. The van der Waals surface area contributed by atoms with Crippen molar-refractivity contribution in [1.29, 1.82) is 0 Å². The maximum absolute atomic E-state index is 14.7. The van der Waals surface area contributed by atoms with Gasteiger partial charge < -0.3 is 10.2 Å². The number of halogens is 1. The van der Waals surface area contributed by atoms with Crippen molar-refractivity contribution < 1.29 is 18.9 Å². The first kappa shape index (κ1) is 20.5. The van der Waals surface area contributed by atoms with Gasteiger partial charge in [0.25, 0.3) is 11.6 Å². The Labute approximate surface area is 178 Å². The molecule has 9 heteroatoms. The number of nitrogens with one attached hydrogen (secondary N) is 1. The van der Waals surface area contributed by atoms with E-state index in [2.05, 4.69) is 5.32 Å². The Kier molecular flexibility index (Phi) is 5.41. The fourth-order valence-corrected chi connectivity index (χ4v) is 3.81. The molecule has 0 aromatic heterocycles. The van der Waals surface area contributed by atoms with Crippen molar-refractivity contribution in [3.63, 3.8) is 0 Å². The molecule has 0 saturated carbocycles. The van der Waals surface area contributed by atoms with Crippen LogP contribution in [0, 0.1) is 22.9 Å². The number of hydrogen-bond donors (Lipinski definition) is 1. The van der Waals surface area contributed by atoms with Gasteiger partial charge in [0.15, 0.2) is 0 Å². The lowest BCUT2D eigenvalue weighted by atomic mass is 10.1. The van der Waals surface area contributed by atoms with E-state index in [1.165, 1.54) is 36.4 Å². The molecule has 0 unspecified atom stereocenters. The molecule has 8 nitrogen and oxygen atoms in total. The van der Waals surface area contributed by atoms with Crippen LogP contribution >= 0.6 is 0 Å². The first-order chi connectivity index (χ1) is 14.8. The van der Waals surface area contributed by atoms with Crippen LogP contribution in [0.2, 0.25) is 0 Å². The quantitative estimate of drug-likeness (QED) is 0.341. The summed E-state index contributed by atoms with van der Waals surface area (Å²) in [4.78, 5) is 38.3. The molecule has 2 aliphatic heterocycles. The lowest BCUT2D eigenvalue weighted by Gasteiger charge is -2.19. The average Bonchev–Trinajstić information content (AvgIpc) is 3.35. The molecule has 2 fully saturated rings. The number of carbonyl (C=O) groups excluding carboxylic acids is 2. The van der Waals surface area contributed by atoms with Gasteiger partial charge in [-0.2, -0.15) is 0 Å². The Morgan fingerprint density at radius 3 is 2.48 bits per heavy atom. The van der Waals surface area contributed by atoms with Crippen LogP contribution in [0.3, 0.4) is 0 Å². The van der Waals surface area contributed by atoms with Crippen molar-refractivity contribution in [2.45, 2.75) is 26.3 Å². The van der Waals surface area contributed by atoms with Gasteiger partial charge in [-0.1, -0.05) is 12.1 Å². The van der Waals surface area contributed by atoms with Crippen LogP contribution in [0.1, 0.15) is 29.5 Å². The molecular weight excluding hydrogens is 403 g/mol. The smallest absolute Gasteiger partial charge is 0.329 e. The van der Waals surface area contributed by atoms with Crippen LogP contribution in [0.15, 0.2) is 42.1 Å². The van der Waals surface area contributed by atoms with E-state index in [0.29, 0.717) is 16.8 Å². The fraction of sp³-hybridized carbons (Fsp3) is 0.273. The molecule has 0 atom stereocenters. The number of imide groups is 1. The van der Waals surface area contributed by atoms with E-state index in [1.807, 2.05) is 11.8 Å². The first-order valence-corrected chi connectivity index (χ1v) is 9.96. The Balaban J connectivity index is 1.54. The van der Waals surface area contributed by atoms with Crippen molar-refractivity contribution >= 4 is 29.4 Å². The fourth-order valence-electron chi connectivity index (χ4n) is 3.81. The molecular formula is C22H21FN4O4. The summed E-state index contributed by atoms with van der Waals surface area (Å²) in [5, 5.41) is 13.3. The van der Waals surface area contributed by atoms with Crippen molar-refractivity contribution in [1.82, 2.24) is 10.2 Å². The molecule has 0 aliphatic carbocycles. The summed E-state index contributed by atoms with van der Waals surface area (Å²) in [6.07, 6.45) is 3.55. The summed E-state index contributed by atoms with van der Waals surface area (Å²) in [6.45, 7) is 3.45. The minimum Gasteiger partial charge on any atom is -0.369 e. The third-order valence-electron chi connectivity index (χ3n) is 5.53. The van der Waals surface area contributed by atoms with Crippen LogP contribution in [-0.2, 0) is 11.3 Å². The summed E-state index contributed by atoms with van der Waals surface area (Å²) >= 11 is 0. The summed E-state index contributed by atoms with van der Waals surface area (Å²) < 4.78 is 14.7. The number of anilines is 1. The van der Waals surface area contributed by atoms with Gasteiger partial charge in [-0.15, -0.1) is 0 Å². The number of non-ortho nitro benzene ring substituents is 1. The van der Waals surface area contributed by atoms with Gasteiger partial charge in [0.05, 0.1) is 17.2 Å². The number of amides is 3. The highest BCUT2D eigenvalue weighted by Gasteiger charge is 2.33. The van der Waals surface area contributed by atoms with Gasteiger partial charge in [0.1, 0.15) is 11.5 Å². The SMILES string of the molecule is Cc1cc(N2CCCC2)c(F)cc1/C=C1\NC(=O)N(Cc2ccc([N+](=O)[O-])cc2)C1=O. The number of carbonyl (C=O) groups is 2. The molecule has 2 aliphatic rings. The molecule has 2 saturated heterocycles. The monoisotopic (exact) mass is 424 g/mol. The minimum absolute atomic E-state index is 0.0265. The number of rotatable bonds is 5. The van der Waals surface area contributed by atoms with E-state index in [-0.39, 0.29) is 23.7 Å². The number of hydrogen-bond acceptors (Lipinski definition) is 5. The van der Waals surface area contributed by atoms with E-state index in [1.54, 1.807) is 6.07 Å². The Hall–Kier alpha value is -3.75. The topological polar surface area (TPSA) is 95.8 Å². The van der Waals surface area contributed by atoms with Gasteiger partial charge in [-0.25, -0.2) is 9.18 Å². The number of nitro benzene ring substituents is 1. The highest BCUT2D eigenvalue weighted by molar-refractivity contribution is 6.14. The van der Waals surface area contributed by atoms with Crippen molar-refractivity contribution in [3.8, 4) is 0 Å². The largest absolute Gasteiger partial charge is 0.369 e. The lowest BCUT2D eigenvalue weighted by Crippen LogP contribution is -2.30. The average molecular weight is 424 g/mol. The van der Waals surface area contributed by atoms with Crippen LogP contribution in [-0.4, -0.2) is 34.9 Å². The van der Waals surface area contributed by atoms with Gasteiger partial charge >= 0.3 is 6.03 Å². The molecule has 3 amide bonds. The number of aryl methyl sites for hydroxylation is 1. The molecule has 2 aromatic rings. The summed E-state index contributed by atoms with van der Waals surface area (Å²) in [5.41, 5.74) is 2.43. The number of nitro groups is 1. The lowest BCUT2D eigenvalue weighted by molar-refractivity contribution is -0.384. The number of urea groups is 1. The molecule has 4 rings (SSSR count). The first-order valence-electron chi connectivity index (χ1n) is 9.96. The molecule has 2 heterocycles. The highest BCUT2D eigenvalue weighted by Crippen LogP contribution is 2.28. The molecule has 0 bridgehead atoms. The van der Waals surface area contributed by atoms with Crippen molar-refractivity contribution in [2.75, 3.05) is 18.0 Å². The molecule has 160 valence electrons. The second-order valence-electron chi connectivity index (χ2n) is 7.66. The number of nitrogens with zero attached hydrogens (tertiary/aromatic N) is 3. The maximum Gasteiger partial charge on any atom is 0.329 e. The normalized spacial score (nSPS) is 17.5. The second-order valence-corrected chi connectivity index (χ2v) is 7.66. The van der Waals surface area contributed by atoms with Crippen LogP contribution < -0.4 is 10.2 Å². The van der Waals surface area contributed by atoms with E-state index >= 15 is 0 Å². The Morgan fingerprint density at radius 2 is 1.84 bits per heavy atom. The molecule has 0 radical (unpaired) electrons. The third-order valence-corrected chi connectivity index (χ3v) is 5.53. The van der Waals surface area contributed by atoms with Crippen molar-refractivity contribution in [2.24, 2.45) is 0 Å². The van der Waals surface area contributed by atoms with E-state index in [9.17, 15) is 24.1 Å². The summed E-state index contributed by atoms with van der Waals surface area (Å²) in [5.74, 6) is -0.898. The van der Waals surface area contributed by atoms with Gasteiger partial charge in [0, 0.05) is 25.2 Å². The van der Waals surface area contributed by atoms with E-state index in [0.717, 1.165) is 36.4 Å². The third kappa shape index (κ3) is 4.11. The minimum atomic E-state index is -0.596. The zero-order valence-corrected chi connectivity index (χ0v) is 16.9. The Bertz CT molecular complexity index is 1090. The highest BCUT2D eigenvalue weighted by atomic mass is 19.1. The van der Waals surface area contributed by atoms with Crippen LogP contribution in [0.25, 0.3) is 6.08 Å². The van der Waals surface area contributed by atoms with Crippen LogP contribution in [0.4, 0.5) is 20.6 Å². The summed E-state index contributed by atoms with van der Waals surface area (Å²) in [7, 11) is 0. The van der Waals surface area contributed by atoms with E-state index in [4.69, 9.17) is 0 Å². The van der Waals surface area contributed by atoms with Gasteiger partial charge in [-0.05, 0) is 54.7 Å². The van der Waals surface area contributed by atoms with Gasteiger partial charge in [-0.3, -0.25) is 19.8 Å². The van der Waals surface area contributed by atoms with Crippen molar-refractivity contribution in [3.05, 3.63) is 74.7 Å². The van der Waals surface area contributed by atoms with Gasteiger partial charge in [0.2, 0.25) is 0 Å². The van der Waals surface area contributed by atoms with Crippen LogP contribution in [0.5, 0.6) is 0 Å². The molecule has 2 aromatic carbocycles. The zero-order chi connectivity index (χ0) is 22.1. The molecule has 31 heavy (non-hydrogen) atoms. The second kappa shape index (κ2) is 8.17.